The van der Waals surface area contributed by atoms with Gasteiger partial charge in [0.1, 0.15) is 0 Å². The number of aliphatic carboxylic acids is 2. The topological polar surface area (TPSA) is 205 Å². The van der Waals surface area contributed by atoms with E-state index in [4.69, 9.17) is 55.2 Å². The summed E-state index contributed by atoms with van der Waals surface area (Å²) < 4.78 is 5.15. The minimum Gasteiger partial charge on any atom is -0.473 e. The molecule has 0 aliphatic rings. The summed E-state index contributed by atoms with van der Waals surface area (Å²) in [4.78, 5) is 18.2. The molecule has 0 amide bonds. The third-order valence-electron chi connectivity index (χ3n) is 3.01. The smallest absolute Gasteiger partial charge is 0.414 e. The molecule has 0 radical (unpaired) electrons. The molecule has 0 saturated carbocycles. The van der Waals surface area contributed by atoms with Crippen LogP contribution in [0.5, 0.6) is 0 Å². The maximum absolute atomic E-state index is 9.10. The predicted octanol–water partition coefficient (Wildman–Crippen LogP) is -3.91. The van der Waals surface area contributed by atoms with Crippen molar-refractivity contribution in [1.29, 1.82) is 0 Å². The lowest BCUT2D eigenvalue weighted by molar-refractivity contribution is -0.159. The highest BCUT2D eigenvalue weighted by atomic mass is 16.5. The zero-order chi connectivity index (χ0) is 18.5. The van der Waals surface area contributed by atoms with Gasteiger partial charge in [-0.2, -0.15) is 0 Å². The molecule has 0 heterocycles. The first kappa shape index (κ1) is 23.9. The highest BCUT2D eigenvalue weighted by Gasteiger charge is 2.32. The Kier molecular flexibility index (Phi) is 12.6. The summed E-state index contributed by atoms with van der Waals surface area (Å²) in [6, 6.07) is 0. The number of carboxylic acid groups (broad SMARTS) is 2. The van der Waals surface area contributed by atoms with Crippen LogP contribution in [-0.4, -0.2) is 106 Å². The molecule has 0 fully saturated rings. The first-order valence-electron chi connectivity index (χ1n) is 6.41. The van der Waals surface area contributed by atoms with Crippen LogP contribution in [-0.2, 0) is 14.3 Å². The van der Waals surface area contributed by atoms with Gasteiger partial charge in [-0.1, -0.05) is 0 Å². The number of hydrogen-bond donors (Lipinski definition) is 8. The predicted molar refractivity (Wildman–Crippen MR) is 73.5 cm³/mol. The fourth-order valence-corrected chi connectivity index (χ4v) is 1.06. The van der Waals surface area contributed by atoms with Gasteiger partial charge in [0.15, 0.2) is 0 Å². The molecule has 0 unspecified atom stereocenters. The van der Waals surface area contributed by atoms with Crippen molar-refractivity contribution in [1.82, 2.24) is 0 Å². The second kappa shape index (κ2) is 12.1. The van der Waals surface area contributed by atoms with Crippen LogP contribution in [0.2, 0.25) is 0 Å². The van der Waals surface area contributed by atoms with Gasteiger partial charge in [-0.3, -0.25) is 0 Å². The van der Waals surface area contributed by atoms with Gasteiger partial charge in [0.2, 0.25) is 0 Å². The van der Waals surface area contributed by atoms with E-state index in [0.29, 0.717) is 0 Å². The SMILES string of the molecule is O=C(O)C(=O)O.OCC(CO)(CO)COCC(CO)(CO)CO. The normalized spacial score (nSPS) is 11.6. The molecule has 0 aliphatic carbocycles. The summed E-state index contributed by atoms with van der Waals surface area (Å²) in [5, 5.41) is 69.0. The highest BCUT2D eigenvalue weighted by molar-refractivity contribution is 6.27. The van der Waals surface area contributed by atoms with Crippen molar-refractivity contribution in [3.63, 3.8) is 0 Å². The molecule has 138 valence electrons. The second-order valence-electron chi connectivity index (χ2n) is 5.05. The maximum atomic E-state index is 9.10. The van der Waals surface area contributed by atoms with Gasteiger partial charge in [-0.15, -0.1) is 0 Å². The molecule has 0 aromatic carbocycles. The van der Waals surface area contributed by atoms with Crippen molar-refractivity contribution in [2.75, 3.05) is 52.9 Å². The summed E-state index contributed by atoms with van der Waals surface area (Å²) >= 11 is 0. The van der Waals surface area contributed by atoms with Gasteiger partial charge < -0.3 is 45.6 Å². The number of aliphatic hydroxyl groups is 6. The summed E-state index contributed by atoms with van der Waals surface area (Å²) in [5.41, 5.74) is -2.32. The number of hydrogen-bond acceptors (Lipinski definition) is 9. The summed E-state index contributed by atoms with van der Waals surface area (Å²) in [7, 11) is 0. The maximum Gasteiger partial charge on any atom is 0.414 e. The molecule has 0 spiro atoms. The average molecular weight is 344 g/mol. The Morgan fingerprint density at radius 2 is 0.826 bits per heavy atom. The van der Waals surface area contributed by atoms with Gasteiger partial charge in [0.25, 0.3) is 0 Å². The van der Waals surface area contributed by atoms with E-state index in [0.717, 1.165) is 0 Å². The molecule has 8 N–H and O–H groups in total. The Balaban J connectivity index is 0. The lowest BCUT2D eigenvalue weighted by Gasteiger charge is -2.31. The largest absolute Gasteiger partial charge is 0.473 e. The fourth-order valence-electron chi connectivity index (χ4n) is 1.06. The number of carbonyl (C=O) groups is 2. The second-order valence-corrected chi connectivity index (χ2v) is 5.05. The van der Waals surface area contributed by atoms with Crippen molar-refractivity contribution in [2.24, 2.45) is 10.8 Å². The number of ether oxygens (including phenoxy) is 1. The third kappa shape index (κ3) is 8.76. The molecule has 0 aromatic rings. The van der Waals surface area contributed by atoms with Crippen molar-refractivity contribution in [3.05, 3.63) is 0 Å². The Hall–Kier alpha value is -1.34. The molecule has 0 atom stereocenters. The quantitative estimate of drug-likeness (QED) is 0.180. The van der Waals surface area contributed by atoms with Crippen molar-refractivity contribution in [3.8, 4) is 0 Å². The zero-order valence-electron chi connectivity index (χ0n) is 12.5. The highest BCUT2D eigenvalue weighted by Crippen LogP contribution is 2.19. The van der Waals surface area contributed by atoms with E-state index in [2.05, 4.69) is 0 Å². The molecule has 0 aromatic heterocycles. The molecular weight excluding hydrogens is 320 g/mol. The fraction of sp³-hybridized carbons (Fsp3) is 0.833. The van der Waals surface area contributed by atoms with E-state index >= 15 is 0 Å². The van der Waals surface area contributed by atoms with Crippen LogP contribution in [0.4, 0.5) is 0 Å². The summed E-state index contributed by atoms with van der Waals surface area (Å²) in [6.07, 6.45) is 0. The summed E-state index contributed by atoms with van der Waals surface area (Å²) in [6.45, 7) is -3.01. The van der Waals surface area contributed by atoms with Crippen LogP contribution in [0.3, 0.4) is 0 Å². The zero-order valence-corrected chi connectivity index (χ0v) is 12.5. The molecule has 11 heteroatoms. The van der Waals surface area contributed by atoms with E-state index in [1.54, 1.807) is 0 Å². The Morgan fingerprint density at radius 1 is 0.609 bits per heavy atom. The van der Waals surface area contributed by atoms with Crippen LogP contribution in [0.15, 0.2) is 0 Å². The Bertz CT molecular complexity index is 287. The van der Waals surface area contributed by atoms with Gasteiger partial charge in [0.05, 0.1) is 63.7 Å². The first-order chi connectivity index (χ1) is 10.7. The Morgan fingerprint density at radius 3 is 0.957 bits per heavy atom. The minimum absolute atomic E-state index is 0.141. The number of rotatable bonds is 10. The van der Waals surface area contributed by atoms with E-state index in [-0.39, 0.29) is 13.2 Å². The average Bonchev–Trinajstić information content (AvgIpc) is 2.57. The van der Waals surface area contributed by atoms with E-state index in [1.165, 1.54) is 0 Å². The van der Waals surface area contributed by atoms with Crippen molar-refractivity contribution >= 4 is 11.9 Å². The van der Waals surface area contributed by atoms with Crippen molar-refractivity contribution in [2.45, 2.75) is 0 Å². The van der Waals surface area contributed by atoms with Crippen LogP contribution >= 0.6 is 0 Å². The molecule has 0 bridgehead atoms. The molecule has 0 aliphatic heterocycles. The monoisotopic (exact) mass is 344 g/mol. The number of aliphatic hydroxyl groups excluding tert-OH is 6. The molecule has 11 nitrogen and oxygen atoms in total. The van der Waals surface area contributed by atoms with Crippen LogP contribution in [0.25, 0.3) is 0 Å². The Labute approximate surface area is 132 Å². The third-order valence-corrected chi connectivity index (χ3v) is 3.01. The van der Waals surface area contributed by atoms with E-state index in [1.807, 2.05) is 0 Å². The van der Waals surface area contributed by atoms with E-state index in [9.17, 15) is 0 Å². The molecular formula is C12H24O11. The molecule has 0 saturated heterocycles. The lowest BCUT2D eigenvalue weighted by atomic mass is 9.91. The van der Waals surface area contributed by atoms with Gasteiger partial charge in [-0.25, -0.2) is 9.59 Å². The van der Waals surface area contributed by atoms with Crippen LogP contribution in [0, 0.1) is 10.8 Å². The van der Waals surface area contributed by atoms with Crippen molar-refractivity contribution < 1.29 is 55.2 Å². The van der Waals surface area contributed by atoms with Crippen LogP contribution < -0.4 is 0 Å². The first-order valence-corrected chi connectivity index (χ1v) is 6.41. The van der Waals surface area contributed by atoms with E-state index < -0.39 is 62.4 Å². The van der Waals surface area contributed by atoms with Gasteiger partial charge in [-0.05, 0) is 0 Å². The van der Waals surface area contributed by atoms with Gasteiger partial charge >= 0.3 is 11.9 Å². The molecule has 0 rings (SSSR count). The number of carboxylic acids is 2. The van der Waals surface area contributed by atoms with Gasteiger partial charge in [0, 0.05) is 0 Å². The molecule has 23 heavy (non-hydrogen) atoms. The summed E-state index contributed by atoms with van der Waals surface area (Å²) in [5.74, 6) is -3.65. The standard InChI is InChI=1S/C10H22O7.C2H2O4/c11-1-9(2-12,3-13)7-17-8-10(4-14,5-15)6-16;3-1(4)2(5)6/h11-16H,1-8H2;(H,3,4)(H,5,6). The minimum atomic E-state index is -1.82. The lowest BCUT2D eigenvalue weighted by Crippen LogP contribution is -2.43. The van der Waals surface area contributed by atoms with Crippen LogP contribution in [0.1, 0.15) is 0 Å².